The average molecular weight is 659 g/mol. The summed E-state index contributed by atoms with van der Waals surface area (Å²) in [5.74, 6) is 0.561. The Morgan fingerprint density at radius 1 is 1.04 bits per heavy atom. The molecule has 1 unspecified atom stereocenters. The second-order valence-electron chi connectivity index (χ2n) is 12.5. The van der Waals surface area contributed by atoms with E-state index in [-0.39, 0.29) is 12.2 Å². The molecule has 1 aliphatic rings. The van der Waals surface area contributed by atoms with E-state index in [0.29, 0.717) is 48.0 Å². The van der Waals surface area contributed by atoms with Gasteiger partial charge in [-0.2, -0.15) is 5.10 Å². The zero-order valence-electron chi connectivity index (χ0n) is 27.3. The van der Waals surface area contributed by atoms with Gasteiger partial charge in [0.25, 0.3) is 0 Å². The molecule has 13 heteroatoms. The van der Waals surface area contributed by atoms with Crippen LogP contribution >= 0.6 is 11.3 Å². The number of ether oxygens (including phenoxy) is 4. The van der Waals surface area contributed by atoms with Gasteiger partial charge in [0.1, 0.15) is 40.6 Å². The van der Waals surface area contributed by atoms with Crippen LogP contribution in [-0.4, -0.2) is 73.2 Å². The number of nitrogens with zero attached hydrogens (tertiary/aromatic N) is 6. The number of methoxy groups -OCH3 is 1. The summed E-state index contributed by atoms with van der Waals surface area (Å²) in [6, 6.07) is 11.5. The first-order valence-electron chi connectivity index (χ1n) is 15.4. The quantitative estimate of drug-likeness (QED) is 0.170. The Labute approximate surface area is 276 Å². The van der Waals surface area contributed by atoms with Crippen molar-refractivity contribution >= 4 is 34.4 Å². The molecule has 1 amide bonds. The van der Waals surface area contributed by atoms with Gasteiger partial charge in [0, 0.05) is 63.1 Å². The van der Waals surface area contributed by atoms with Gasteiger partial charge in [0.05, 0.1) is 30.0 Å². The average Bonchev–Trinajstić information content (AvgIpc) is 3.78. The van der Waals surface area contributed by atoms with Crippen LogP contribution < -0.4 is 9.47 Å². The summed E-state index contributed by atoms with van der Waals surface area (Å²) in [5.41, 5.74) is 3.83. The molecule has 0 N–H and O–H groups in total. The molecule has 5 heterocycles. The van der Waals surface area contributed by atoms with Crippen molar-refractivity contribution in [2.45, 2.75) is 58.3 Å². The third kappa shape index (κ3) is 7.25. The first kappa shape index (κ1) is 32.0. The SMILES string of the molecule is COC(=O)c1sc(-n2cnc3cc(-c4cnn(C)c4)ccc32)cc1OC(C)c1cc(OC2CCN(C(=O)OC(C)(C)C)CC2)ccn1. The number of benzene rings is 1. The number of amides is 1. The van der Waals surface area contributed by atoms with Crippen molar-refractivity contribution in [2.24, 2.45) is 7.05 Å². The predicted molar refractivity (Wildman–Crippen MR) is 177 cm³/mol. The number of carbonyl (C=O) groups is 2. The minimum atomic E-state index is -0.530. The van der Waals surface area contributed by atoms with Crippen molar-refractivity contribution in [2.75, 3.05) is 20.2 Å². The predicted octanol–water partition coefficient (Wildman–Crippen LogP) is 6.59. The summed E-state index contributed by atoms with van der Waals surface area (Å²) >= 11 is 1.27. The van der Waals surface area contributed by atoms with E-state index in [2.05, 4.69) is 15.1 Å². The Balaban J connectivity index is 1.16. The number of hydrogen-bond acceptors (Lipinski definition) is 10. The van der Waals surface area contributed by atoms with Crippen LogP contribution in [0.25, 0.3) is 27.2 Å². The zero-order chi connectivity index (χ0) is 33.3. The zero-order valence-corrected chi connectivity index (χ0v) is 28.1. The molecule has 47 heavy (non-hydrogen) atoms. The summed E-state index contributed by atoms with van der Waals surface area (Å²) in [5, 5.41) is 5.02. The van der Waals surface area contributed by atoms with E-state index in [1.165, 1.54) is 18.4 Å². The summed E-state index contributed by atoms with van der Waals surface area (Å²) in [4.78, 5) is 36.4. The van der Waals surface area contributed by atoms with Gasteiger partial charge < -0.3 is 23.8 Å². The van der Waals surface area contributed by atoms with E-state index in [9.17, 15) is 9.59 Å². The lowest BCUT2D eigenvalue weighted by Crippen LogP contribution is -2.44. The van der Waals surface area contributed by atoms with Crippen LogP contribution in [0.2, 0.25) is 0 Å². The van der Waals surface area contributed by atoms with E-state index >= 15 is 0 Å². The molecule has 1 atom stereocenters. The first-order chi connectivity index (χ1) is 22.5. The highest BCUT2D eigenvalue weighted by Crippen LogP contribution is 2.37. The van der Waals surface area contributed by atoms with Gasteiger partial charge in [0.15, 0.2) is 4.88 Å². The first-order valence-corrected chi connectivity index (χ1v) is 16.2. The maximum Gasteiger partial charge on any atom is 0.410 e. The van der Waals surface area contributed by atoms with E-state index in [1.54, 1.807) is 22.1 Å². The number of esters is 1. The monoisotopic (exact) mass is 658 g/mol. The van der Waals surface area contributed by atoms with Crippen LogP contribution in [-0.2, 0) is 16.5 Å². The van der Waals surface area contributed by atoms with Crippen LogP contribution in [0, 0.1) is 0 Å². The number of thiophene rings is 1. The van der Waals surface area contributed by atoms with Crippen molar-refractivity contribution in [3.8, 4) is 27.6 Å². The van der Waals surface area contributed by atoms with Crippen molar-refractivity contribution in [3.05, 3.63) is 71.9 Å². The molecule has 1 aromatic carbocycles. The molecule has 1 aliphatic heterocycles. The van der Waals surface area contributed by atoms with Gasteiger partial charge in [-0.15, -0.1) is 11.3 Å². The minimum Gasteiger partial charge on any atom is -0.490 e. The maximum atomic E-state index is 12.8. The fourth-order valence-corrected chi connectivity index (χ4v) is 6.38. The van der Waals surface area contributed by atoms with E-state index in [4.69, 9.17) is 18.9 Å². The van der Waals surface area contributed by atoms with Crippen molar-refractivity contribution in [3.63, 3.8) is 0 Å². The van der Waals surface area contributed by atoms with Gasteiger partial charge in [-0.25, -0.2) is 14.6 Å². The molecule has 5 aromatic rings. The molecule has 0 bridgehead atoms. The maximum absolute atomic E-state index is 12.8. The fourth-order valence-electron chi connectivity index (χ4n) is 5.39. The Bertz CT molecular complexity index is 1900. The molecule has 4 aromatic heterocycles. The van der Waals surface area contributed by atoms with Gasteiger partial charge in [-0.3, -0.25) is 14.2 Å². The topological polar surface area (TPSA) is 123 Å². The minimum absolute atomic E-state index is 0.0454. The third-order valence-electron chi connectivity index (χ3n) is 7.75. The van der Waals surface area contributed by atoms with Crippen LogP contribution in [0.15, 0.2) is 61.3 Å². The van der Waals surface area contributed by atoms with Gasteiger partial charge in [0.2, 0.25) is 0 Å². The largest absolute Gasteiger partial charge is 0.490 e. The van der Waals surface area contributed by atoms with Crippen LogP contribution in [0.4, 0.5) is 4.79 Å². The van der Waals surface area contributed by atoms with Gasteiger partial charge in [-0.1, -0.05) is 6.07 Å². The lowest BCUT2D eigenvalue weighted by Gasteiger charge is -2.33. The number of pyridine rings is 1. The second-order valence-corrected chi connectivity index (χ2v) is 13.5. The van der Waals surface area contributed by atoms with Crippen molar-refractivity contribution in [1.82, 2.24) is 29.2 Å². The summed E-state index contributed by atoms with van der Waals surface area (Å²) in [6.07, 6.45) is 7.73. The van der Waals surface area contributed by atoms with Crippen molar-refractivity contribution in [1.29, 1.82) is 0 Å². The Hall–Kier alpha value is -4.91. The summed E-state index contributed by atoms with van der Waals surface area (Å²) < 4.78 is 26.9. The van der Waals surface area contributed by atoms with Crippen LogP contribution in [0.5, 0.6) is 11.5 Å². The molecule has 1 fully saturated rings. The normalized spacial score (nSPS) is 14.6. The van der Waals surface area contributed by atoms with Gasteiger partial charge >= 0.3 is 12.1 Å². The number of fused-ring (bicyclic) bond motifs is 1. The molecule has 0 saturated carbocycles. The Kier molecular flexibility index (Phi) is 8.91. The standard InChI is InChI=1S/C34H38N6O6S/c1-21(26-16-25(9-12-35-26)45-24-10-13-39(14-11-24)33(42)46-34(2,3)4)44-29-17-30(47-31(29)32(41)43-6)40-20-36-27-15-22(7-8-28(27)40)23-18-37-38(5)19-23/h7-9,12,15-21,24H,10-11,13-14H2,1-6H3. The molecule has 0 aliphatic carbocycles. The Morgan fingerprint density at radius 3 is 2.53 bits per heavy atom. The molecule has 6 rings (SSSR count). The smallest absolute Gasteiger partial charge is 0.410 e. The molecular weight excluding hydrogens is 620 g/mol. The second kappa shape index (κ2) is 13.1. The number of hydrogen-bond donors (Lipinski definition) is 0. The number of aromatic nitrogens is 5. The van der Waals surface area contributed by atoms with E-state index in [0.717, 1.165) is 27.2 Å². The molecule has 0 spiro atoms. The number of likely N-dealkylation sites (tertiary alicyclic amines) is 1. The highest BCUT2D eigenvalue weighted by molar-refractivity contribution is 7.16. The number of carbonyl (C=O) groups excluding carboxylic acids is 2. The summed E-state index contributed by atoms with van der Waals surface area (Å²) in [6.45, 7) is 8.58. The summed E-state index contributed by atoms with van der Waals surface area (Å²) in [7, 11) is 3.23. The lowest BCUT2D eigenvalue weighted by molar-refractivity contribution is 0.0126. The molecule has 246 valence electrons. The molecular formula is C34H38N6O6S. The fraction of sp³-hybridized carbons (Fsp3) is 0.382. The number of imidazole rings is 1. The molecule has 0 radical (unpaired) electrons. The van der Waals surface area contributed by atoms with Gasteiger partial charge in [-0.05, 0) is 51.5 Å². The highest BCUT2D eigenvalue weighted by Gasteiger charge is 2.28. The van der Waals surface area contributed by atoms with Crippen LogP contribution in [0.1, 0.15) is 62.0 Å². The third-order valence-corrected chi connectivity index (χ3v) is 8.84. The van der Waals surface area contributed by atoms with Crippen LogP contribution in [0.3, 0.4) is 0 Å². The number of rotatable bonds is 8. The highest BCUT2D eigenvalue weighted by atomic mass is 32.1. The van der Waals surface area contributed by atoms with E-state index < -0.39 is 17.7 Å². The lowest BCUT2D eigenvalue weighted by atomic mass is 10.1. The Morgan fingerprint density at radius 2 is 1.83 bits per heavy atom. The molecule has 12 nitrogen and oxygen atoms in total. The van der Waals surface area contributed by atoms with E-state index in [1.807, 2.05) is 88.1 Å². The number of aryl methyl sites for hydroxylation is 1. The molecule has 1 saturated heterocycles. The van der Waals surface area contributed by atoms with Crippen molar-refractivity contribution < 1.29 is 28.5 Å². The number of piperidine rings is 1.